The summed E-state index contributed by atoms with van der Waals surface area (Å²) in [7, 11) is 0. The van der Waals surface area contributed by atoms with E-state index in [4.69, 9.17) is 9.47 Å². The molecule has 0 aliphatic heterocycles. The van der Waals surface area contributed by atoms with Crippen LogP contribution in [0.1, 0.15) is 18.1 Å². The topological polar surface area (TPSA) is 47.6 Å². The summed E-state index contributed by atoms with van der Waals surface area (Å²) in [5.41, 5.74) is 1.59. The highest BCUT2D eigenvalue weighted by Crippen LogP contribution is 2.28. The van der Waals surface area contributed by atoms with Crippen molar-refractivity contribution in [2.45, 2.75) is 20.0 Å². The Bertz CT molecular complexity index is 816. The number of hydrogen-bond acceptors (Lipinski definition) is 3. The van der Waals surface area contributed by atoms with Gasteiger partial charge in [-0.25, -0.2) is 0 Å². The molecule has 0 aliphatic rings. The molecule has 0 saturated carbocycles. The molecule has 2 aromatic carbocycles. The van der Waals surface area contributed by atoms with Crippen LogP contribution in [0.2, 0.25) is 0 Å². The third kappa shape index (κ3) is 6.69. The highest BCUT2D eigenvalue weighted by atomic mass is 19.4. The number of nitrogens with one attached hydrogen (secondary N) is 1. The second kappa shape index (κ2) is 9.12. The molecule has 0 aliphatic carbocycles. The number of amides is 1. The molecular weight excluding hydrogens is 359 g/mol. The number of aryl methyl sites for hydroxylation is 1. The zero-order valence-electron chi connectivity index (χ0n) is 15.0. The van der Waals surface area contributed by atoms with Gasteiger partial charge in [0.25, 0.3) is 0 Å². The van der Waals surface area contributed by atoms with Gasteiger partial charge in [-0.1, -0.05) is 24.3 Å². The van der Waals surface area contributed by atoms with Crippen molar-refractivity contribution in [3.8, 4) is 11.5 Å². The average Bonchev–Trinajstić information content (AvgIpc) is 2.61. The summed E-state index contributed by atoms with van der Waals surface area (Å²) in [6, 6.07) is 11.8. The predicted molar refractivity (Wildman–Crippen MR) is 98.0 cm³/mol. The first-order valence-electron chi connectivity index (χ1n) is 8.29. The zero-order chi connectivity index (χ0) is 19.9. The lowest BCUT2D eigenvalue weighted by Gasteiger charge is -2.14. The standard InChI is InChI=1S/C20H20F3NO3/c1-3-26-17-7-5-4-6-15(17)9-11-19(25)24-16-10-8-14(2)12-18(16)27-13-20(21,22)23/h4-12H,3,13H2,1-2H3,(H,24,25)/b11-9+. The molecule has 2 rings (SSSR count). The second-order valence-electron chi connectivity index (χ2n) is 5.70. The quantitative estimate of drug-likeness (QED) is 0.690. The van der Waals surface area contributed by atoms with Crippen molar-refractivity contribution in [2.75, 3.05) is 18.5 Å². The summed E-state index contributed by atoms with van der Waals surface area (Å²) in [5, 5.41) is 2.54. The Morgan fingerprint density at radius 2 is 1.85 bits per heavy atom. The number of rotatable bonds is 7. The number of ether oxygens (including phenoxy) is 2. The van der Waals surface area contributed by atoms with Crippen molar-refractivity contribution in [1.29, 1.82) is 0 Å². The molecule has 0 bridgehead atoms. The zero-order valence-corrected chi connectivity index (χ0v) is 15.0. The van der Waals surface area contributed by atoms with Crippen LogP contribution >= 0.6 is 0 Å². The highest BCUT2D eigenvalue weighted by molar-refractivity contribution is 6.03. The number of alkyl halides is 3. The minimum atomic E-state index is -4.46. The first kappa shape index (κ1) is 20.4. The van der Waals surface area contributed by atoms with E-state index < -0.39 is 18.7 Å². The van der Waals surface area contributed by atoms with Gasteiger partial charge in [0.05, 0.1) is 12.3 Å². The fraction of sp³-hybridized carbons (Fsp3) is 0.250. The van der Waals surface area contributed by atoms with Gasteiger partial charge in [-0.3, -0.25) is 4.79 Å². The molecule has 0 heterocycles. The van der Waals surface area contributed by atoms with E-state index >= 15 is 0 Å². The van der Waals surface area contributed by atoms with Crippen molar-refractivity contribution in [3.05, 3.63) is 59.7 Å². The van der Waals surface area contributed by atoms with Crippen LogP contribution in [0, 0.1) is 6.92 Å². The smallest absolute Gasteiger partial charge is 0.422 e. The van der Waals surface area contributed by atoms with E-state index in [1.807, 2.05) is 19.1 Å². The van der Waals surface area contributed by atoms with E-state index in [-0.39, 0.29) is 11.4 Å². The Morgan fingerprint density at radius 3 is 2.56 bits per heavy atom. The molecule has 0 saturated heterocycles. The number of hydrogen-bond donors (Lipinski definition) is 1. The maximum atomic E-state index is 12.4. The van der Waals surface area contributed by atoms with E-state index in [1.165, 1.54) is 18.2 Å². The molecule has 2 aromatic rings. The lowest BCUT2D eigenvalue weighted by atomic mass is 10.2. The summed E-state index contributed by atoms with van der Waals surface area (Å²) >= 11 is 0. The second-order valence-corrected chi connectivity index (χ2v) is 5.70. The summed E-state index contributed by atoms with van der Waals surface area (Å²) < 4.78 is 47.5. The van der Waals surface area contributed by atoms with Crippen LogP contribution in [-0.2, 0) is 4.79 Å². The molecule has 27 heavy (non-hydrogen) atoms. The summed E-state index contributed by atoms with van der Waals surface area (Å²) in [6.45, 7) is 2.63. The van der Waals surface area contributed by atoms with Crippen molar-refractivity contribution < 1.29 is 27.4 Å². The minimum absolute atomic E-state index is 0.0382. The lowest BCUT2D eigenvalue weighted by Crippen LogP contribution is -2.20. The van der Waals surface area contributed by atoms with Crippen molar-refractivity contribution in [2.24, 2.45) is 0 Å². The van der Waals surface area contributed by atoms with E-state index in [0.717, 1.165) is 0 Å². The Kier molecular flexibility index (Phi) is 6.87. The highest BCUT2D eigenvalue weighted by Gasteiger charge is 2.29. The molecule has 0 spiro atoms. The Labute approximate surface area is 155 Å². The monoisotopic (exact) mass is 379 g/mol. The van der Waals surface area contributed by atoms with Crippen molar-refractivity contribution in [3.63, 3.8) is 0 Å². The fourth-order valence-electron chi connectivity index (χ4n) is 2.26. The molecule has 1 N–H and O–H groups in total. The van der Waals surface area contributed by atoms with Crippen LogP contribution in [0.5, 0.6) is 11.5 Å². The average molecular weight is 379 g/mol. The molecule has 4 nitrogen and oxygen atoms in total. The van der Waals surface area contributed by atoms with Gasteiger partial charge >= 0.3 is 6.18 Å². The number of carbonyl (C=O) groups is 1. The molecule has 144 valence electrons. The largest absolute Gasteiger partial charge is 0.493 e. The molecule has 7 heteroatoms. The number of anilines is 1. The van der Waals surface area contributed by atoms with Crippen LogP contribution in [0.25, 0.3) is 6.08 Å². The van der Waals surface area contributed by atoms with Crippen LogP contribution in [0.4, 0.5) is 18.9 Å². The molecule has 0 fully saturated rings. The van der Waals surface area contributed by atoms with Gasteiger partial charge in [0.1, 0.15) is 11.5 Å². The van der Waals surface area contributed by atoms with E-state index in [2.05, 4.69) is 5.32 Å². The van der Waals surface area contributed by atoms with Gasteiger partial charge in [-0.15, -0.1) is 0 Å². The van der Waals surface area contributed by atoms with E-state index in [9.17, 15) is 18.0 Å². The first-order chi connectivity index (χ1) is 12.8. The van der Waals surface area contributed by atoms with E-state index in [1.54, 1.807) is 31.2 Å². The van der Waals surface area contributed by atoms with Crippen LogP contribution in [0.3, 0.4) is 0 Å². The van der Waals surface area contributed by atoms with Crippen molar-refractivity contribution >= 4 is 17.7 Å². The van der Waals surface area contributed by atoms with Gasteiger partial charge in [-0.05, 0) is 43.7 Å². The van der Waals surface area contributed by atoms with Gasteiger partial charge in [0, 0.05) is 11.6 Å². The molecule has 0 aromatic heterocycles. The lowest BCUT2D eigenvalue weighted by molar-refractivity contribution is -0.153. The minimum Gasteiger partial charge on any atom is -0.493 e. The Balaban J connectivity index is 2.11. The maximum absolute atomic E-state index is 12.4. The third-order valence-electron chi connectivity index (χ3n) is 3.42. The van der Waals surface area contributed by atoms with Crippen LogP contribution in [0.15, 0.2) is 48.5 Å². The number of benzene rings is 2. The number of para-hydroxylation sites is 1. The van der Waals surface area contributed by atoms with Gasteiger partial charge in [0.15, 0.2) is 6.61 Å². The number of carbonyl (C=O) groups excluding carboxylic acids is 1. The third-order valence-corrected chi connectivity index (χ3v) is 3.42. The van der Waals surface area contributed by atoms with E-state index in [0.29, 0.717) is 23.5 Å². The Morgan fingerprint density at radius 1 is 1.11 bits per heavy atom. The molecular formula is C20H20F3NO3. The first-order valence-corrected chi connectivity index (χ1v) is 8.29. The van der Waals surface area contributed by atoms with Crippen molar-refractivity contribution in [1.82, 2.24) is 0 Å². The van der Waals surface area contributed by atoms with Gasteiger partial charge in [-0.2, -0.15) is 13.2 Å². The summed E-state index contributed by atoms with van der Waals surface area (Å²) in [4.78, 5) is 12.2. The summed E-state index contributed by atoms with van der Waals surface area (Å²) in [5.74, 6) is 0.0967. The van der Waals surface area contributed by atoms with Gasteiger partial charge in [0.2, 0.25) is 5.91 Å². The fourth-order valence-corrected chi connectivity index (χ4v) is 2.26. The normalized spacial score (nSPS) is 11.4. The van der Waals surface area contributed by atoms with Crippen LogP contribution in [-0.4, -0.2) is 25.3 Å². The van der Waals surface area contributed by atoms with Gasteiger partial charge < -0.3 is 14.8 Å². The van der Waals surface area contributed by atoms with Crippen LogP contribution < -0.4 is 14.8 Å². The Hall–Kier alpha value is -2.96. The SMILES string of the molecule is CCOc1ccccc1/C=C/C(=O)Nc1ccc(C)cc1OCC(F)(F)F. The predicted octanol–water partition coefficient (Wildman–Crippen LogP) is 4.99. The molecule has 0 atom stereocenters. The maximum Gasteiger partial charge on any atom is 0.422 e. The number of halogens is 3. The molecule has 1 amide bonds. The molecule has 0 unspecified atom stereocenters. The molecule has 0 radical (unpaired) electrons. The summed E-state index contributed by atoms with van der Waals surface area (Å²) in [6.07, 6.45) is -1.61.